The number of aromatic nitrogens is 3. The predicted octanol–water partition coefficient (Wildman–Crippen LogP) is 2.29. The summed E-state index contributed by atoms with van der Waals surface area (Å²) >= 11 is 0. The molecule has 1 fully saturated rings. The maximum atomic E-state index is 12.7. The number of amides is 1. The fraction of sp³-hybridized carbons (Fsp3) is 0.368. The molecule has 1 aliphatic rings. The minimum atomic E-state index is 0.0167. The molecule has 1 amide bonds. The normalized spacial score (nSPS) is 16.0. The standard InChI is InChI=1S/C19H23N5O/c1-15(2)21-11-13-22(14-12-21)19(25)17-8-10-24(20-17)18-7-6-16-5-3-4-9-23(16)18/h3-10,15H,11-14H2,1-2H3. The van der Waals surface area contributed by atoms with Crippen LogP contribution in [0.25, 0.3) is 11.3 Å². The van der Waals surface area contributed by atoms with E-state index in [0.29, 0.717) is 11.7 Å². The molecule has 6 heteroatoms. The quantitative estimate of drug-likeness (QED) is 0.737. The van der Waals surface area contributed by atoms with Gasteiger partial charge in [-0.25, -0.2) is 4.68 Å². The highest BCUT2D eigenvalue weighted by molar-refractivity contribution is 5.92. The molecule has 1 aliphatic heterocycles. The molecule has 0 unspecified atom stereocenters. The van der Waals surface area contributed by atoms with Gasteiger partial charge in [0.25, 0.3) is 5.91 Å². The van der Waals surface area contributed by atoms with Crippen LogP contribution in [0.5, 0.6) is 0 Å². The second kappa shape index (κ2) is 6.37. The Bertz CT molecular complexity index is 886. The Kier molecular flexibility index (Phi) is 4.05. The van der Waals surface area contributed by atoms with Gasteiger partial charge >= 0.3 is 0 Å². The molecule has 0 spiro atoms. The van der Waals surface area contributed by atoms with Crippen LogP contribution >= 0.6 is 0 Å². The van der Waals surface area contributed by atoms with Gasteiger partial charge in [0.1, 0.15) is 5.82 Å². The molecule has 25 heavy (non-hydrogen) atoms. The van der Waals surface area contributed by atoms with Crippen LogP contribution in [0.1, 0.15) is 24.3 Å². The van der Waals surface area contributed by atoms with Crippen molar-refractivity contribution in [1.82, 2.24) is 24.0 Å². The summed E-state index contributed by atoms with van der Waals surface area (Å²) in [5, 5.41) is 4.52. The number of pyridine rings is 1. The summed E-state index contributed by atoms with van der Waals surface area (Å²) in [6.07, 6.45) is 3.85. The maximum absolute atomic E-state index is 12.7. The molecule has 6 nitrogen and oxygen atoms in total. The Morgan fingerprint density at radius 1 is 1.00 bits per heavy atom. The minimum absolute atomic E-state index is 0.0167. The van der Waals surface area contributed by atoms with Crippen molar-refractivity contribution in [3.05, 3.63) is 54.5 Å². The molecule has 0 aliphatic carbocycles. The number of hydrogen-bond acceptors (Lipinski definition) is 3. The molecule has 3 aromatic heterocycles. The van der Waals surface area contributed by atoms with Crippen molar-refractivity contribution >= 4 is 11.4 Å². The van der Waals surface area contributed by atoms with E-state index in [1.54, 1.807) is 10.7 Å². The second-order valence-corrected chi connectivity index (χ2v) is 6.75. The zero-order valence-corrected chi connectivity index (χ0v) is 14.7. The van der Waals surface area contributed by atoms with E-state index in [4.69, 9.17) is 0 Å². The van der Waals surface area contributed by atoms with Gasteiger partial charge in [-0.2, -0.15) is 5.10 Å². The van der Waals surface area contributed by atoms with Crippen molar-refractivity contribution in [3.8, 4) is 5.82 Å². The number of hydrogen-bond donors (Lipinski definition) is 0. The number of carbonyl (C=O) groups is 1. The van der Waals surface area contributed by atoms with Crippen molar-refractivity contribution < 1.29 is 4.79 Å². The summed E-state index contributed by atoms with van der Waals surface area (Å²) in [6, 6.07) is 12.4. The largest absolute Gasteiger partial charge is 0.335 e. The first kappa shape index (κ1) is 15.9. The van der Waals surface area contributed by atoms with Crippen LogP contribution in [-0.4, -0.2) is 62.1 Å². The second-order valence-electron chi connectivity index (χ2n) is 6.75. The average Bonchev–Trinajstić information content (AvgIpc) is 3.28. The number of carbonyl (C=O) groups excluding carboxylic acids is 1. The van der Waals surface area contributed by atoms with Crippen molar-refractivity contribution in [2.75, 3.05) is 26.2 Å². The van der Waals surface area contributed by atoms with Crippen LogP contribution < -0.4 is 0 Å². The van der Waals surface area contributed by atoms with Crippen LogP contribution in [0.2, 0.25) is 0 Å². The summed E-state index contributed by atoms with van der Waals surface area (Å²) in [4.78, 5) is 17.1. The first-order valence-corrected chi connectivity index (χ1v) is 8.79. The third kappa shape index (κ3) is 2.93. The van der Waals surface area contributed by atoms with Gasteiger partial charge in [-0.05, 0) is 44.2 Å². The van der Waals surface area contributed by atoms with Gasteiger partial charge in [0, 0.05) is 50.1 Å². The van der Waals surface area contributed by atoms with Crippen LogP contribution in [0.15, 0.2) is 48.8 Å². The minimum Gasteiger partial charge on any atom is -0.335 e. The Labute approximate surface area is 147 Å². The highest BCUT2D eigenvalue weighted by Gasteiger charge is 2.24. The van der Waals surface area contributed by atoms with E-state index < -0.39 is 0 Å². The highest BCUT2D eigenvalue weighted by Crippen LogP contribution is 2.15. The monoisotopic (exact) mass is 337 g/mol. The summed E-state index contributed by atoms with van der Waals surface area (Å²) < 4.78 is 3.83. The van der Waals surface area contributed by atoms with Gasteiger partial charge in [-0.3, -0.25) is 9.69 Å². The predicted molar refractivity (Wildman–Crippen MR) is 97.1 cm³/mol. The Morgan fingerprint density at radius 3 is 2.56 bits per heavy atom. The summed E-state index contributed by atoms with van der Waals surface area (Å²) in [6.45, 7) is 7.76. The van der Waals surface area contributed by atoms with Crippen molar-refractivity contribution in [2.24, 2.45) is 0 Å². The molecule has 0 bridgehead atoms. The van der Waals surface area contributed by atoms with E-state index in [1.165, 1.54) is 0 Å². The third-order valence-electron chi connectivity index (χ3n) is 4.92. The molecule has 130 valence electrons. The third-order valence-corrected chi connectivity index (χ3v) is 4.92. The van der Waals surface area contributed by atoms with E-state index in [0.717, 1.165) is 37.5 Å². The molecule has 3 aromatic rings. The molecule has 0 aromatic carbocycles. The zero-order chi connectivity index (χ0) is 17.4. The van der Waals surface area contributed by atoms with E-state index in [9.17, 15) is 4.79 Å². The van der Waals surface area contributed by atoms with Crippen molar-refractivity contribution in [2.45, 2.75) is 19.9 Å². The lowest BCUT2D eigenvalue weighted by Gasteiger charge is -2.36. The molecule has 0 saturated carbocycles. The molecular weight excluding hydrogens is 314 g/mol. The zero-order valence-electron chi connectivity index (χ0n) is 14.7. The number of nitrogens with zero attached hydrogens (tertiary/aromatic N) is 5. The van der Waals surface area contributed by atoms with Gasteiger partial charge in [0.15, 0.2) is 5.69 Å². The maximum Gasteiger partial charge on any atom is 0.274 e. The Hall–Kier alpha value is -2.60. The van der Waals surface area contributed by atoms with Gasteiger partial charge in [-0.15, -0.1) is 0 Å². The van der Waals surface area contributed by atoms with E-state index >= 15 is 0 Å². The lowest BCUT2D eigenvalue weighted by atomic mass is 10.2. The smallest absolute Gasteiger partial charge is 0.274 e. The molecule has 4 rings (SSSR count). The van der Waals surface area contributed by atoms with E-state index in [2.05, 4.69) is 28.2 Å². The van der Waals surface area contributed by atoms with Crippen LogP contribution in [0.3, 0.4) is 0 Å². The average molecular weight is 337 g/mol. The van der Waals surface area contributed by atoms with Crippen molar-refractivity contribution in [1.29, 1.82) is 0 Å². The lowest BCUT2D eigenvalue weighted by molar-refractivity contribution is 0.0589. The first-order chi connectivity index (χ1) is 12.1. The number of rotatable bonds is 3. The van der Waals surface area contributed by atoms with E-state index in [1.807, 2.05) is 47.6 Å². The summed E-state index contributed by atoms with van der Waals surface area (Å²) in [5.74, 6) is 0.947. The van der Waals surface area contributed by atoms with Gasteiger partial charge in [0.05, 0.1) is 0 Å². The summed E-state index contributed by atoms with van der Waals surface area (Å²) in [5.41, 5.74) is 1.61. The fourth-order valence-corrected chi connectivity index (χ4v) is 3.40. The lowest BCUT2D eigenvalue weighted by Crippen LogP contribution is -2.50. The molecule has 0 radical (unpaired) electrons. The molecule has 0 N–H and O–H groups in total. The molecule has 0 atom stereocenters. The number of fused-ring (bicyclic) bond motifs is 1. The number of piperazine rings is 1. The van der Waals surface area contributed by atoms with Gasteiger partial charge in [0.2, 0.25) is 0 Å². The molecule has 4 heterocycles. The SMILES string of the molecule is CC(C)N1CCN(C(=O)c2ccn(-c3ccc4ccccn34)n2)CC1. The van der Waals surface area contributed by atoms with Crippen LogP contribution in [-0.2, 0) is 0 Å². The van der Waals surface area contributed by atoms with Gasteiger partial charge < -0.3 is 9.30 Å². The topological polar surface area (TPSA) is 45.8 Å². The van der Waals surface area contributed by atoms with E-state index in [-0.39, 0.29) is 5.91 Å². The Balaban J connectivity index is 1.52. The molecule has 1 saturated heterocycles. The highest BCUT2D eigenvalue weighted by atomic mass is 16.2. The summed E-state index contributed by atoms with van der Waals surface area (Å²) in [7, 11) is 0. The van der Waals surface area contributed by atoms with Crippen LogP contribution in [0.4, 0.5) is 0 Å². The fourth-order valence-electron chi connectivity index (χ4n) is 3.40. The van der Waals surface area contributed by atoms with Gasteiger partial charge in [-0.1, -0.05) is 6.07 Å². The van der Waals surface area contributed by atoms with Crippen LogP contribution in [0, 0.1) is 0 Å². The first-order valence-electron chi connectivity index (χ1n) is 8.79. The molecular formula is C19H23N5O. The van der Waals surface area contributed by atoms with Crippen molar-refractivity contribution in [3.63, 3.8) is 0 Å². The Morgan fingerprint density at radius 2 is 1.80 bits per heavy atom.